The summed E-state index contributed by atoms with van der Waals surface area (Å²) in [6.07, 6.45) is 0.752. The zero-order chi connectivity index (χ0) is 19.3. The van der Waals surface area contributed by atoms with Gasteiger partial charge >= 0.3 is 7.12 Å². The van der Waals surface area contributed by atoms with E-state index in [1.54, 1.807) is 12.1 Å². The van der Waals surface area contributed by atoms with E-state index in [-0.39, 0.29) is 4.90 Å². The van der Waals surface area contributed by atoms with Gasteiger partial charge in [-0.3, -0.25) is 0 Å². The van der Waals surface area contributed by atoms with E-state index in [9.17, 15) is 8.42 Å². The maximum absolute atomic E-state index is 13.0. The van der Waals surface area contributed by atoms with Gasteiger partial charge in [0, 0.05) is 11.0 Å². The first-order chi connectivity index (χ1) is 11.2. The van der Waals surface area contributed by atoms with Crippen molar-refractivity contribution in [2.75, 3.05) is 0 Å². The molecule has 0 atom stereocenters. The Morgan fingerprint density at radius 3 is 2.04 bits per heavy atom. The Bertz CT molecular complexity index is 735. The third-order valence-corrected chi connectivity index (χ3v) is 6.54. The van der Waals surface area contributed by atoms with Crippen molar-refractivity contribution in [2.24, 2.45) is 0 Å². The molecule has 1 fully saturated rings. The van der Waals surface area contributed by atoms with E-state index in [2.05, 4.69) is 4.72 Å². The summed E-state index contributed by atoms with van der Waals surface area (Å²) in [7, 11) is -4.42. The lowest BCUT2D eigenvalue weighted by Gasteiger charge is -2.32. The number of sulfonamides is 1. The van der Waals surface area contributed by atoms with Crippen LogP contribution in [0.3, 0.4) is 0 Å². The summed E-state index contributed by atoms with van der Waals surface area (Å²) in [5.41, 5.74) is -0.143. The van der Waals surface area contributed by atoms with E-state index in [1.807, 2.05) is 61.5 Å². The molecule has 5 nitrogen and oxygen atoms in total. The Balaban J connectivity index is 2.54. The zero-order valence-electron chi connectivity index (χ0n) is 16.6. The fourth-order valence-electron chi connectivity index (χ4n) is 2.65. The lowest BCUT2D eigenvalue weighted by Crippen LogP contribution is -2.45. The largest absolute Gasteiger partial charge is 0.496 e. The van der Waals surface area contributed by atoms with Gasteiger partial charge in [-0.05, 0) is 66.5 Å². The highest BCUT2D eigenvalue weighted by atomic mass is 32.2. The molecule has 0 amide bonds. The molecular weight excluding hydrogens is 337 g/mol. The first-order valence-corrected chi connectivity index (χ1v) is 10.2. The van der Waals surface area contributed by atoms with Crippen LogP contribution < -0.4 is 10.2 Å². The molecule has 7 heteroatoms. The van der Waals surface area contributed by atoms with Crippen molar-refractivity contribution in [3.05, 3.63) is 23.8 Å². The smallest absolute Gasteiger partial charge is 0.399 e. The number of hydrogen-bond donors (Lipinski definition) is 1. The molecule has 2 rings (SSSR count). The van der Waals surface area contributed by atoms with Crippen molar-refractivity contribution in [1.29, 1.82) is 0 Å². The standard InChI is InChI=1S/C18H30BNO4S/c1-9-13-10-11-14(19-23-17(5,6)18(7,8)24-19)15(12-13)25(21,22)20-16(2,3)4/h10-12,20H,9H2,1-8H3. The van der Waals surface area contributed by atoms with Crippen LogP contribution in [0.2, 0.25) is 0 Å². The molecule has 1 N–H and O–H groups in total. The zero-order valence-corrected chi connectivity index (χ0v) is 17.4. The molecule has 0 radical (unpaired) electrons. The molecule has 0 spiro atoms. The van der Waals surface area contributed by atoms with Crippen LogP contribution >= 0.6 is 0 Å². The summed E-state index contributed by atoms with van der Waals surface area (Å²) in [5, 5.41) is 0. The van der Waals surface area contributed by atoms with E-state index < -0.39 is 33.9 Å². The Labute approximate surface area is 152 Å². The van der Waals surface area contributed by atoms with Crippen molar-refractivity contribution >= 4 is 22.6 Å². The fraction of sp³-hybridized carbons (Fsp3) is 0.667. The van der Waals surface area contributed by atoms with E-state index >= 15 is 0 Å². The van der Waals surface area contributed by atoms with Gasteiger partial charge in [-0.15, -0.1) is 0 Å². The number of hydrogen-bond acceptors (Lipinski definition) is 4. The summed E-state index contributed by atoms with van der Waals surface area (Å²) >= 11 is 0. The van der Waals surface area contributed by atoms with Gasteiger partial charge in [0.05, 0.1) is 16.1 Å². The van der Waals surface area contributed by atoms with Crippen LogP contribution in [-0.2, 0) is 25.8 Å². The predicted octanol–water partition coefficient (Wildman–Crippen LogP) is 2.63. The maximum Gasteiger partial charge on any atom is 0.496 e. The first-order valence-electron chi connectivity index (χ1n) is 8.71. The highest BCUT2D eigenvalue weighted by Crippen LogP contribution is 2.37. The topological polar surface area (TPSA) is 64.6 Å². The minimum atomic E-state index is -3.70. The number of rotatable bonds is 4. The lowest BCUT2D eigenvalue weighted by molar-refractivity contribution is 0.00578. The molecule has 0 bridgehead atoms. The van der Waals surface area contributed by atoms with Crippen LogP contribution in [-0.4, -0.2) is 32.3 Å². The highest BCUT2D eigenvalue weighted by Gasteiger charge is 2.52. The van der Waals surface area contributed by atoms with Gasteiger partial charge in [-0.1, -0.05) is 19.1 Å². The second-order valence-corrected chi connectivity index (χ2v) is 10.3. The summed E-state index contributed by atoms with van der Waals surface area (Å²) < 4.78 is 40.9. The van der Waals surface area contributed by atoms with Gasteiger partial charge in [0.25, 0.3) is 0 Å². The summed E-state index contributed by atoms with van der Waals surface area (Å²) in [5.74, 6) is 0. The Hall–Kier alpha value is -0.885. The normalized spacial score (nSPS) is 20.1. The van der Waals surface area contributed by atoms with E-state index in [0.29, 0.717) is 5.46 Å². The van der Waals surface area contributed by atoms with E-state index in [1.165, 1.54) is 0 Å². The van der Waals surface area contributed by atoms with Crippen LogP contribution in [0.1, 0.15) is 61.0 Å². The molecule has 0 saturated carbocycles. The molecule has 1 aliphatic heterocycles. The van der Waals surface area contributed by atoms with Gasteiger partial charge in [-0.2, -0.15) is 0 Å². The van der Waals surface area contributed by atoms with Crippen LogP contribution in [0.15, 0.2) is 23.1 Å². The molecule has 0 unspecified atom stereocenters. The second kappa shape index (κ2) is 6.37. The predicted molar refractivity (Wildman–Crippen MR) is 102 cm³/mol. The van der Waals surface area contributed by atoms with Crippen LogP contribution in [0.5, 0.6) is 0 Å². The number of benzene rings is 1. The van der Waals surface area contributed by atoms with Crippen molar-refractivity contribution in [3.63, 3.8) is 0 Å². The quantitative estimate of drug-likeness (QED) is 0.831. The summed E-state index contributed by atoms with van der Waals surface area (Å²) in [6.45, 7) is 15.3. The Morgan fingerprint density at radius 1 is 1.08 bits per heavy atom. The molecule has 1 aromatic rings. The van der Waals surface area contributed by atoms with Crippen molar-refractivity contribution in [3.8, 4) is 0 Å². The van der Waals surface area contributed by atoms with Crippen molar-refractivity contribution in [2.45, 2.75) is 83.4 Å². The molecule has 1 heterocycles. The summed E-state index contributed by atoms with van der Waals surface area (Å²) in [6, 6.07) is 5.45. The average Bonchev–Trinajstić information content (AvgIpc) is 2.64. The maximum atomic E-state index is 13.0. The van der Waals surface area contributed by atoms with Crippen molar-refractivity contribution < 1.29 is 17.7 Å². The van der Waals surface area contributed by atoms with E-state index in [4.69, 9.17) is 9.31 Å². The van der Waals surface area contributed by atoms with Gasteiger partial charge in [0.1, 0.15) is 0 Å². The third-order valence-electron chi connectivity index (χ3n) is 4.72. The van der Waals surface area contributed by atoms with E-state index in [0.717, 1.165) is 12.0 Å². The molecular formula is C18H30BNO4S. The van der Waals surface area contributed by atoms with Gasteiger partial charge < -0.3 is 9.31 Å². The minimum absolute atomic E-state index is 0.222. The Morgan fingerprint density at radius 2 is 1.60 bits per heavy atom. The molecule has 25 heavy (non-hydrogen) atoms. The SMILES string of the molecule is CCc1ccc(B2OC(C)(C)C(C)(C)O2)c(S(=O)(=O)NC(C)(C)C)c1. The molecule has 1 aliphatic rings. The first kappa shape index (κ1) is 20.4. The number of aryl methyl sites for hydroxylation is 1. The molecule has 1 saturated heterocycles. The molecule has 140 valence electrons. The highest BCUT2D eigenvalue weighted by molar-refractivity contribution is 7.89. The van der Waals surface area contributed by atoms with Crippen LogP contribution in [0, 0.1) is 0 Å². The monoisotopic (exact) mass is 367 g/mol. The fourth-order valence-corrected chi connectivity index (χ4v) is 4.35. The molecule has 1 aromatic carbocycles. The number of nitrogens with one attached hydrogen (secondary N) is 1. The second-order valence-electron chi connectivity index (χ2n) is 8.67. The van der Waals surface area contributed by atoms with Crippen LogP contribution in [0.4, 0.5) is 0 Å². The lowest BCUT2D eigenvalue weighted by atomic mass is 9.78. The Kier molecular flexibility index (Phi) is 5.21. The molecule has 0 aliphatic carbocycles. The van der Waals surface area contributed by atoms with Crippen LogP contribution in [0.25, 0.3) is 0 Å². The van der Waals surface area contributed by atoms with Crippen molar-refractivity contribution in [1.82, 2.24) is 4.72 Å². The minimum Gasteiger partial charge on any atom is -0.399 e. The summed E-state index contributed by atoms with van der Waals surface area (Å²) in [4.78, 5) is 0.222. The third kappa shape index (κ3) is 4.27. The van der Waals surface area contributed by atoms with Gasteiger partial charge in [0.2, 0.25) is 10.0 Å². The van der Waals surface area contributed by atoms with Gasteiger partial charge in [-0.25, -0.2) is 13.1 Å². The van der Waals surface area contributed by atoms with Gasteiger partial charge in [0.15, 0.2) is 0 Å². The average molecular weight is 367 g/mol. The molecule has 0 aromatic heterocycles.